The van der Waals surface area contributed by atoms with Crippen LogP contribution < -0.4 is 0 Å². The third-order valence-corrected chi connectivity index (χ3v) is 3.04. The summed E-state index contributed by atoms with van der Waals surface area (Å²) in [6.45, 7) is 1.77. The number of ketones is 1. The summed E-state index contributed by atoms with van der Waals surface area (Å²) >= 11 is 0. The molecule has 4 nitrogen and oxygen atoms in total. The van der Waals surface area contributed by atoms with Crippen molar-refractivity contribution >= 4 is 11.8 Å². The molecule has 4 heteroatoms. The molecule has 0 radical (unpaired) electrons. The van der Waals surface area contributed by atoms with E-state index < -0.39 is 0 Å². The van der Waals surface area contributed by atoms with Gasteiger partial charge in [0.05, 0.1) is 6.61 Å². The van der Waals surface area contributed by atoms with Gasteiger partial charge in [0, 0.05) is 0 Å². The third-order valence-electron chi connectivity index (χ3n) is 3.04. The van der Waals surface area contributed by atoms with Crippen molar-refractivity contribution in [3.8, 4) is 0 Å². The van der Waals surface area contributed by atoms with Crippen LogP contribution in [0.15, 0.2) is 0 Å². The first-order chi connectivity index (χ1) is 8.18. The van der Waals surface area contributed by atoms with E-state index in [-0.39, 0.29) is 25.0 Å². The van der Waals surface area contributed by atoms with E-state index in [2.05, 4.69) is 0 Å². The van der Waals surface area contributed by atoms with Crippen LogP contribution >= 0.6 is 0 Å². The van der Waals surface area contributed by atoms with Crippen LogP contribution in [0.3, 0.4) is 0 Å². The van der Waals surface area contributed by atoms with E-state index in [0.29, 0.717) is 6.61 Å². The van der Waals surface area contributed by atoms with Gasteiger partial charge in [-0.15, -0.1) is 0 Å². The van der Waals surface area contributed by atoms with Gasteiger partial charge in [-0.3, -0.25) is 4.79 Å². The molecule has 0 heterocycles. The predicted octanol–water partition coefficient (Wildman–Crippen LogP) is 2.11. The number of esters is 1. The maximum Gasteiger partial charge on any atom is 0.332 e. The summed E-state index contributed by atoms with van der Waals surface area (Å²) in [7, 11) is 0. The van der Waals surface area contributed by atoms with Gasteiger partial charge in [-0.2, -0.15) is 0 Å². The van der Waals surface area contributed by atoms with E-state index in [9.17, 15) is 9.59 Å². The molecule has 98 valence electrons. The van der Waals surface area contributed by atoms with Crippen molar-refractivity contribution in [2.75, 3.05) is 19.8 Å². The maximum atomic E-state index is 11.2. The van der Waals surface area contributed by atoms with E-state index in [1.165, 1.54) is 39.0 Å². The molecule has 0 N–H and O–H groups in total. The highest BCUT2D eigenvalue weighted by molar-refractivity contribution is 5.77. The fraction of sp³-hybridized carbons (Fsp3) is 0.846. The lowest BCUT2D eigenvalue weighted by Crippen LogP contribution is -2.17. The van der Waals surface area contributed by atoms with Gasteiger partial charge in [0.25, 0.3) is 0 Å². The van der Waals surface area contributed by atoms with E-state index in [1.54, 1.807) is 0 Å². The Morgan fingerprint density at radius 3 is 2.47 bits per heavy atom. The molecule has 0 aromatic carbocycles. The smallest absolute Gasteiger partial charge is 0.332 e. The maximum absolute atomic E-state index is 11.2. The fourth-order valence-electron chi connectivity index (χ4n) is 2.14. The minimum absolute atomic E-state index is 0.0161. The van der Waals surface area contributed by atoms with Crippen LogP contribution in [-0.4, -0.2) is 31.6 Å². The lowest BCUT2D eigenvalue weighted by atomic mass is 9.87. The van der Waals surface area contributed by atoms with Crippen molar-refractivity contribution in [1.82, 2.24) is 0 Å². The van der Waals surface area contributed by atoms with Gasteiger partial charge in [-0.1, -0.05) is 32.1 Å². The Kier molecular flexibility index (Phi) is 6.86. The number of carbonyl (C=O) groups is 2. The van der Waals surface area contributed by atoms with Gasteiger partial charge in [0.2, 0.25) is 0 Å². The lowest BCUT2D eigenvalue weighted by molar-refractivity contribution is -0.150. The number of hydrogen-bond donors (Lipinski definition) is 0. The molecule has 1 aliphatic carbocycles. The average Bonchev–Trinajstić information content (AvgIpc) is 2.30. The van der Waals surface area contributed by atoms with Crippen LogP contribution in [-0.2, 0) is 19.1 Å². The van der Waals surface area contributed by atoms with Crippen molar-refractivity contribution < 1.29 is 19.1 Å². The Labute approximate surface area is 103 Å². The molecule has 0 amide bonds. The van der Waals surface area contributed by atoms with Crippen molar-refractivity contribution in [2.24, 2.45) is 5.92 Å². The number of rotatable bonds is 7. The number of carbonyl (C=O) groups excluding carboxylic acids is 2. The summed E-state index contributed by atoms with van der Waals surface area (Å²) in [6.07, 6.45) is 7.44. The molecule has 1 fully saturated rings. The highest BCUT2D eigenvalue weighted by Gasteiger charge is 2.13. The van der Waals surface area contributed by atoms with Crippen molar-refractivity contribution in [3.63, 3.8) is 0 Å². The highest BCUT2D eigenvalue weighted by atomic mass is 16.6. The summed E-state index contributed by atoms with van der Waals surface area (Å²) < 4.78 is 9.93. The Bertz CT molecular complexity index is 244. The minimum Gasteiger partial charge on any atom is -0.464 e. The van der Waals surface area contributed by atoms with E-state index in [0.717, 1.165) is 12.3 Å². The van der Waals surface area contributed by atoms with Crippen LogP contribution in [0.2, 0.25) is 0 Å². The fourth-order valence-corrected chi connectivity index (χ4v) is 2.14. The van der Waals surface area contributed by atoms with Crippen LogP contribution in [0.25, 0.3) is 0 Å². The second kappa shape index (κ2) is 8.23. The van der Waals surface area contributed by atoms with Gasteiger partial charge >= 0.3 is 5.97 Å². The third kappa shape index (κ3) is 7.10. The van der Waals surface area contributed by atoms with E-state index >= 15 is 0 Å². The van der Waals surface area contributed by atoms with Gasteiger partial charge in [-0.25, -0.2) is 4.79 Å². The minimum atomic E-state index is -0.373. The normalized spacial score (nSPS) is 16.8. The molecule has 0 atom stereocenters. The van der Waals surface area contributed by atoms with Crippen LogP contribution in [0.4, 0.5) is 0 Å². The van der Waals surface area contributed by atoms with Crippen LogP contribution in [0.1, 0.15) is 45.4 Å². The molecule has 1 rings (SSSR count). The molecule has 0 aromatic rings. The SMILES string of the molecule is CC(=O)COCC(=O)OCCC1CCCCC1. The van der Waals surface area contributed by atoms with Gasteiger partial charge in [-0.05, 0) is 19.3 Å². The molecular weight excluding hydrogens is 220 g/mol. The number of Topliss-reactive ketones (excluding diaryl/α,β-unsaturated/α-hetero) is 1. The zero-order valence-electron chi connectivity index (χ0n) is 10.6. The first kappa shape index (κ1) is 14.2. The molecular formula is C13H22O4. The van der Waals surface area contributed by atoms with Crippen molar-refractivity contribution in [3.05, 3.63) is 0 Å². The monoisotopic (exact) mass is 242 g/mol. The molecule has 1 saturated carbocycles. The Hall–Kier alpha value is -0.900. The van der Waals surface area contributed by atoms with Crippen LogP contribution in [0.5, 0.6) is 0 Å². The molecule has 17 heavy (non-hydrogen) atoms. The topological polar surface area (TPSA) is 52.6 Å². The molecule has 0 spiro atoms. The van der Waals surface area contributed by atoms with E-state index in [1.807, 2.05) is 0 Å². The summed E-state index contributed by atoms with van der Waals surface area (Å²) in [6, 6.07) is 0. The van der Waals surface area contributed by atoms with Crippen molar-refractivity contribution in [1.29, 1.82) is 0 Å². The summed E-state index contributed by atoms with van der Waals surface area (Å²) in [5.74, 6) is 0.261. The molecule has 0 saturated heterocycles. The second-order valence-corrected chi connectivity index (χ2v) is 4.71. The highest BCUT2D eigenvalue weighted by Crippen LogP contribution is 2.25. The lowest BCUT2D eigenvalue weighted by Gasteiger charge is -2.20. The Balaban J connectivity index is 1.97. The number of ether oxygens (including phenoxy) is 2. The summed E-state index contributed by atoms with van der Waals surface area (Å²) in [4.78, 5) is 21.8. The Morgan fingerprint density at radius 1 is 1.12 bits per heavy atom. The molecule has 0 aromatic heterocycles. The quantitative estimate of drug-likeness (QED) is 0.642. The Morgan fingerprint density at radius 2 is 1.82 bits per heavy atom. The van der Waals surface area contributed by atoms with Gasteiger partial charge in [0.1, 0.15) is 13.2 Å². The molecule has 0 unspecified atom stereocenters. The standard InChI is InChI=1S/C13H22O4/c1-11(14)9-16-10-13(15)17-8-7-12-5-3-2-4-6-12/h12H,2-10H2,1H3. The molecule has 0 aliphatic heterocycles. The van der Waals surface area contributed by atoms with Gasteiger partial charge in [0.15, 0.2) is 5.78 Å². The van der Waals surface area contributed by atoms with Crippen LogP contribution in [0, 0.1) is 5.92 Å². The second-order valence-electron chi connectivity index (χ2n) is 4.71. The first-order valence-electron chi connectivity index (χ1n) is 6.41. The zero-order valence-corrected chi connectivity index (χ0v) is 10.6. The van der Waals surface area contributed by atoms with Crippen molar-refractivity contribution in [2.45, 2.75) is 45.4 Å². The molecule has 1 aliphatic rings. The van der Waals surface area contributed by atoms with E-state index in [4.69, 9.17) is 9.47 Å². The zero-order chi connectivity index (χ0) is 12.5. The van der Waals surface area contributed by atoms with Gasteiger partial charge < -0.3 is 9.47 Å². The molecule has 0 bridgehead atoms. The summed E-state index contributed by atoms with van der Waals surface area (Å²) in [5.41, 5.74) is 0. The average molecular weight is 242 g/mol. The first-order valence-corrected chi connectivity index (χ1v) is 6.41. The predicted molar refractivity (Wildman–Crippen MR) is 63.7 cm³/mol. The number of hydrogen-bond acceptors (Lipinski definition) is 4. The summed E-state index contributed by atoms with van der Waals surface area (Å²) in [5, 5.41) is 0. The largest absolute Gasteiger partial charge is 0.464 e.